The zero-order chi connectivity index (χ0) is 10.3. The first-order valence-corrected chi connectivity index (χ1v) is 6.62. The van der Waals surface area contributed by atoms with Crippen LogP contribution >= 0.6 is 0 Å². The summed E-state index contributed by atoms with van der Waals surface area (Å²) in [7, 11) is 0. The summed E-state index contributed by atoms with van der Waals surface area (Å²) in [6, 6.07) is 0.234. The lowest BCUT2D eigenvalue weighted by atomic mass is 9.70. The Morgan fingerprint density at radius 2 is 1.87 bits per heavy atom. The van der Waals surface area contributed by atoms with Crippen LogP contribution in [0.4, 0.5) is 0 Å². The molecule has 1 heterocycles. The largest absolute Gasteiger partial charge is 0.307 e. The van der Waals surface area contributed by atoms with Crippen LogP contribution in [0.2, 0.25) is 0 Å². The fourth-order valence-electron chi connectivity index (χ4n) is 4.18. The lowest BCUT2D eigenvalue weighted by Crippen LogP contribution is -2.39. The Labute approximate surface area is 91.8 Å². The van der Waals surface area contributed by atoms with E-state index in [0.29, 0.717) is 11.7 Å². The van der Waals surface area contributed by atoms with Crippen molar-refractivity contribution in [3.8, 4) is 0 Å². The number of fused-ring (bicyclic) bond motifs is 3. The second kappa shape index (κ2) is 3.89. The number of nitrogens with one attached hydrogen (secondary N) is 1. The van der Waals surface area contributed by atoms with Crippen LogP contribution in [0.1, 0.15) is 44.9 Å². The van der Waals surface area contributed by atoms with Gasteiger partial charge in [-0.05, 0) is 43.6 Å². The van der Waals surface area contributed by atoms with E-state index >= 15 is 0 Å². The molecule has 2 nitrogen and oxygen atoms in total. The molecule has 15 heavy (non-hydrogen) atoms. The molecule has 0 bridgehead atoms. The summed E-state index contributed by atoms with van der Waals surface area (Å²) >= 11 is 0. The number of hydrogen-bond donors (Lipinski definition) is 1. The summed E-state index contributed by atoms with van der Waals surface area (Å²) in [5, 5.41) is 3.50. The molecule has 0 amide bonds. The molecular weight excluding hydrogens is 186 g/mol. The molecule has 1 N–H and O–H groups in total. The van der Waals surface area contributed by atoms with Crippen molar-refractivity contribution < 1.29 is 4.79 Å². The van der Waals surface area contributed by atoms with E-state index in [2.05, 4.69) is 5.32 Å². The van der Waals surface area contributed by atoms with Gasteiger partial charge in [-0.25, -0.2) is 0 Å². The number of rotatable bonds is 0. The summed E-state index contributed by atoms with van der Waals surface area (Å²) in [6.07, 6.45) is 8.95. The summed E-state index contributed by atoms with van der Waals surface area (Å²) in [6.45, 7) is 1.08. The third-order valence-corrected chi connectivity index (χ3v) is 4.90. The quantitative estimate of drug-likeness (QED) is 0.659. The molecule has 3 fully saturated rings. The monoisotopic (exact) mass is 207 g/mol. The van der Waals surface area contributed by atoms with Crippen LogP contribution in [0.5, 0.6) is 0 Å². The summed E-state index contributed by atoms with van der Waals surface area (Å²) in [5.74, 6) is 2.97. The standard InChI is InChI=1S/C13H21NO/c15-12-6-5-11-10-4-2-1-3-9(10)7-8-14-13(11)12/h9-11,13-14H,1-8H2. The average molecular weight is 207 g/mol. The molecule has 0 spiro atoms. The minimum absolute atomic E-state index is 0.234. The molecule has 1 saturated heterocycles. The van der Waals surface area contributed by atoms with Gasteiger partial charge in [0.2, 0.25) is 0 Å². The second-order valence-electron chi connectivity index (χ2n) is 5.60. The van der Waals surface area contributed by atoms with Crippen molar-refractivity contribution in [3.05, 3.63) is 0 Å². The van der Waals surface area contributed by atoms with E-state index in [4.69, 9.17) is 0 Å². The lowest BCUT2D eigenvalue weighted by molar-refractivity contribution is -0.119. The van der Waals surface area contributed by atoms with Crippen LogP contribution in [0, 0.1) is 17.8 Å². The molecule has 2 aliphatic carbocycles. The molecule has 84 valence electrons. The van der Waals surface area contributed by atoms with E-state index in [0.717, 1.165) is 31.2 Å². The second-order valence-corrected chi connectivity index (χ2v) is 5.60. The van der Waals surface area contributed by atoms with E-state index in [1.54, 1.807) is 0 Å². The Hall–Kier alpha value is -0.370. The van der Waals surface area contributed by atoms with E-state index < -0.39 is 0 Å². The molecule has 4 unspecified atom stereocenters. The zero-order valence-corrected chi connectivity index (χ0v) is 9.37. The van der Waals surface area contributed by atoms with E-state index in [1.807, 2.05) is 0 Å². The highest BCUT2D eigenvalue weighted by atomic mass is 16.1. The van der Waals surface area contributed by atoms with Crippen LogP contribution in [0.3, 0.4) is 0 Å². The SMILES string of the molecule is O=C1CCC2C1NCCC1CCCCC12. The molecule has 4 atom stereocenters. The Balaban J connectivity index is 1.83. The highest BCUT2D eigenvalue weighted by Gasteiger charge is 2.44. The van der Waals surface area contributed by atoms with Crippen LogP contribution in [0.15, 0.2) is 0 Å². The first kappa shape index (κ1) is 9.83. The minimum Gasteiger partial charge on any atom is -0.307 e. The van der Waals surface area contributed by atoms with Crippen molar-refractivity contribution in [1.82, 2.24) is 5.32 Å². The molecule has 1 aliphatic heterocycles. The molecule has 2 heteroatoms. The fraction of sp³-hybridized carbons (Fsp3) is 0.923. The molecule has 0 radical (unpaired) electrons. The van der Waals surface area contributed by atoms with Crippen molar-refractivity contribution in [2.45, 2.75) is 51.0 Å². The topological polar surface area (TPSA) is 29.1 Å². The minimum atomic E-state index is 0.234. The third kappa shape index (κ3) is 1.63. The highest BCUT2D eigenvalue weighted by molar-refractivity contribution is 5.86. The van der Waals surface area contributed by atoms with Crippen molar-refractivity contribution >= 4 is 5.78 Å². The first-order valence-electron chi connectivity index (χ1n) is 6.62. The van der Waals surface area contributed by atoms with Gasteiger partial charge >= 0.3 is 0 Å². The van der Waals surface area contributed by atoms with Gasteiger partial charge in [-0.2, -0.15) is 0 Å². The zero-order valence-electron chi connectivity index (χ0n) is 9.37. The maximum Gasteiger partial charge on any atom is 0.150 e. The third-order valence-electron chi connectivity index (χ3n) is 4.90. The normalized spacial score (nSPS) is 45.7. The van der Waals surface area contributed by atoms with Crippen LogP contribution in [-0.4, -0.2) is 18.4 Å². The van der Waals surface area contributed by atoms with Gasteiger partial charge < -0.3 is 5.32 Å². The van der Waals surface area contributed by atoms with Gasteiger partial charge in [-0.3, -0.25) is 4.79 Å². The molecule has 3 rings (SSSR count). The number of ketones is 1. The highest BCUT2D eigenvalue weighted by Crippen LogP contribution is 2.44. The molecular formula is C13H21NO. The van der Waals surface area contributed by atoms with Crippen LogP contribution in [0.25, 0.3) is 0 Å². The van der Waals surface area contributed by atoms with Gasteiger partial charge in [0.05, 0.1) is 6.04 Å². The van der Waals surface area contributed by atoms with Gasteiger partial charge in [0, 0.05) is 6.42 Å². The van der Waals surface area contributed by atoms with Crippen LogP contribution < -0.4 is 5.32 Å². The fourth-order valence-corrected chi connectivity index (χ4v) is 4.18. The first-order chi connectivity index (χ1) is 7.36. The van der Waals surface area contributed by atoms with Crippen molar-refractivity contribution in [2.24, 2.45) is 17.8 Å². The molecule has 2 saturated carbocycles. The Bertz CT molecular complexity index is 263. The predicted molar refractivity (Wildman–Crippen MR) is 59.6 cm³/mol. The molecule has 0 aromatic heterocycles. The summed E-state index contributed by atoms with van der Waals surface area (Å²) in [4.78, 5) is 11.8. The Morgan fingerprint density at radius 1 is 1.00 bits per heavy atom. The molecule has 0 aromatic rings. The lowest BCUT2D eigenvalue weighted by Gasteiger charge is -2.34. The van der Waals surface area contributed by atoms with E-state index in [-0.39, 0.29) is 6.04 Å². The van der Waals surface area contributed by atoms with Gasteiger partial charge in [0.15, 0.2) is 0 Å². The number of Topliss-reactive ketones (excluding diaryl/α,β-unsaturated/α-hetero) is 1. The summed E-state index contributed by atoms with van der Waals surface area (Å²) < 4.78 is 0. The van der Waals surface area contributed by atoms with Crippen LogP contribution in [-0.2, 0) is 4.79 Å². The molecule has 3 aliphatic rings. The van der Waals surface area contributed by atoms with Gasteiger partial charge in [0.25, 0.3) is 0 Å². The van der Waals surface area contributed by atoms with Gasteiger partial charge in [-0.1, -0.05) is 19.3 Å². The van der Waals surface area contributed by atoms with E-state index in [9.17, 15) is 4.79 Å². The number of carbonyl (C=O) groups is 1. The van der Waals surface area contributed by atoms with Crippen molar-refractivity contribution in [2.75, 3.05) is 6.54 Å². The maximum absolute atomic E-state index is 11.8. The van der Waals surface area contributed by atoms with Crippen molar-refractivity contribution in [3.63, 3.8) is 0 Å². The Morgan fingerprint density at radius 3 is 2.80 bits per heavy atom. The molecule has 0 aromatic carbocycles. The van der Waals surface area contributed by atoms with Gasteiger partial charge in [0.1, 0.15) is 5.78 Å². The van der Waals surface area contributed by atoms with E-state index in [1.165, 1.54) is 32.1 Å². The number of carbonyl (C=O) groups excluding carboxylic acids is 1. The van der Waals surface area contributed by atoms with Crippen molar-refractivity contribution in [1.29, 1.82) is 0 Å². The predicted octanol–water partition coefficient (Wildman–Crippen LogP) is 2.13. The average Bonchev–Trinajstić information content (AvgIpc) is 2.53. The van der Waals surface area contributed by atoms with Gasteiger partial charge in [-0.15, -0.1) is 0 Å². The number of hydrogen-bond acceptors (Lipinski definition) is 2. The smallest absolute Gasteiger partial charge is 0.150 e. The summed E-state index contributed by atoms with van der Waals surface area (Å²) in [5.41, 5.74) is 0. The maximum atomic E-state index is 11.8. The Kier molecular flexibility index (Phi) is 2.55.